The van der Waals surface area contributed by atoms with E-state index in [4.69, 9.17) is 5.73 Å². The van der Waals surface area contributed by atoms with Crippen LogP contribution in [-0.4, -0.2) is 37.3 Å². The van der Waals surface area contributed by atoms with E-state index in [0.29, 0.717) is 23.7 Å². The van der Waals surface area contributed by atoms with Crippen molar-refractivity contribution >= 4 is 27.5 Å². The second kappa shape index (κ2) is 4.88. The molecule has 0 spiro atoms. The molecular formula is C11H16N2O2S2. The molecule has 94 valence electrons. The van der Waals surface area contributed by atoms with Crippen LogP contribution in [0.5, 0.6) is 0 Å². The SMILES string of the molecule is Cc1cc(N)cc(S(=O)(=O)N2CCSCC2)c1. The third-order valence-corrected chi connectivity index (χ3v) is 5.50. The highest BCUT2D eigenvalue weighted by Gasteiger charge is 2.26. The van der Waals surface area contributed by atoms with Crippen molar-refractivity contribution in [1.29, 1.82) is 0 Å². The average molecular weight is 272 g/mol. The van der Waals surface area contributed by atoms with E-state index in [9.17, 15) is 8.42 Å². The number of hydrogen-bond donors (Lipinski definition) is 1. The molecule has 1 saturated heterocycles. The molecule has 0 atom stereocenters. The van der Waals surface area contributed by atoms with Crippen LogP contribution in [0.25, 0.3) is 0 Å². The Morgan fingerprint density at radius 1 is 1.24 bits per heavy atom. The lowest BCUT2D eigenvalue weighted by Crippen LogP contribution is -2.37. The van der Waals surface area contributed by atoms with Crippen LogP contribution < -0.4 is 5.73 Å². The summed E-state index contributed by atoms with van der Waals surface area (Å²) in [6.07, 6.45) is 0. The van der Waals surface area contributed by atoms with Gasteiger partial charge < -0.3 is 5.73 Å². The van der Waals surface area contributed by atoms with E-state index in [0.717, 1.165) is 17.1 Å². The molecule has 2 rings (SSSR count). The normalized spacial score (nSPS) is 18.2. The van der Waals surface area contributed by atoms with E-state index in [2.05, 4.69) is 0 Å². The third kappa shape index (κ3) is 2.75. The van der Waals surface area contributed by atoms with E-state index in [1.807, 2.05) is 6.92 Å². The minimum absolute atomic E-state index is 0.307. The zero-order valence-corrected chi connectivity index (χ0v) is 11.4. The van der Waals surface area contributed by atoms with Gasteiger partial charge in [0.1, 0.15) is 0 Å². The number of anilines is 1. The van der Waals surface area contributed by atoms with Crippen LogP contribution in [-0.2, 0) is 10.0 Å². The molecule has 1 aromatic carbocycles. The molecule has 1 aromatic rings. The summed E-state index contributed by atoms with van der Waals surface area (Å²) >= 11 is 1.79. The highest BCUT2D eigenvalue weighted by atomic mass is 32.2. The van der Waals surface area contributed by atoms with E-state index >= 15 is 0 Å². The van der Waals surface area contributed by atoms with Crippen LogP contribution in [0.1, 0.15) is 5.56 Å². The Hall–Kier alpha value is -0.720. The molecule has 1 aliphatic rings. The Bertz CT molecular complexity index is 488. The molecule has 1 heterocycles. The largest absolute Gasteiger partial charge is 0.399 e. The topological polar surface area (TPSA) is 63.4 Å². The summed E-state index contributed by atoms with van der Waals surface area (Å²) in [7, 11) is -3.37. The van der Waals surface area contributed by atoms with Gasteiger partial charge in [0.2, 0.25) is 10.0 Å². The van der Waals surface area contributed by atoms with Crippen LogP contribution in [0.3, 0.4) is 0 Å². The van der Waals surface area contributed by atoms with Crippen molar-refractivity contribution in [2.24, 2.45) is 0 Å². The van der Waals surface area contributed by atoms with Gasteiger partial charge >= 0.3 is 0 Å². The molecule has 6 heteroatoms. The molecule has 4 nitrogen and oxygen atoms in total. The molecule has 1 fully saturated rings. The standard InChI is InChI=1S/C11H16N2O2S2/c1-9-6-10(12)8-11(7-9)17(14,15)13-2-4-16-5-3-13/h6-8H,2-5,12H2,1H3. The number of rotatable bonds is 2. The van der Waals surface area contributed by atoms with Gasteiger partial charge in [-0.25, -0.2) is 8.42 Å². The van der Waals surface area contributed by atoms with Crippen LogP contribution in [0.15, 0.2) is 23.1 Å². The van der Waals surface area contributed by atoms with Crippen molar-refractivity contribution in [3.63, 3.8) is 0 Å². The first-order valence-corrected chi connectivity index (χ1v) is 8.05. The predicted molar refractivity (Wildman–Crippen MR) is 71.7 cm³/mol. The summed E-state index contributed by atoms with van der Waals surface area (Å²) < 4.78 is 26.2. The maximum absolute atomic E-state index is 12.4. The number of nitrogens with two attached hydrogens (primary N) is 1. The summed E-state index contributed by atoms with van der Waals surface area (Å²) in [5, 5.41) is 0. The lowest BCUT2D eigenvalue weighted by Gasteiger charge is -2.25. The van der Waals surface area contributed by atoms with Gasteiger partial charge in [-0.1, -0.05) is 0 Å². The number of aryl methyl sites for hydroxylation is 1. The second-order valence-electron chi connectivity index (χ2n) is 4.10. The maximum Gasteiger partial charge on any atom is 0.243 e. The van der Waals surface area contributed by atoms with Crippen molar-refractivity contribution in [2.75, 3.05) is 30.3 Å². The third-order valence-electron chi connectivity index (χ3n) is 2.68. The highest BCUT2D eigenvalue weighted by Crippen LogP contribution is 2.22. The average Bonchev–Trinajstić information content (AvgIpc) is 2.29. The van der Waals surface area contributed by atoms with Crippen molar-refractivity contribution < 1.29 is 8.42 Å². The van der Waals surface area contributed by atoms with E-state index < -0.39 is 10.0 Å². The van der Waals surface area contributed by atoms with Gasteiger partial charge in [-0.3, -0.25) is 0 Å². The van der Waals surface area contributed by atoms with E-state index in [-0.39, 0.29) is 0 Å². The Morgan fingerprint density at radius 3 is 2.47 bits per heavy atom. The highest BCUT2D eigenvalue weighted by molar-refractivity contribution is 7.99. The number of nitrogen functional groups attached to an aromatic ring is 1. The summed E-state index contributed by atoms with van der Waals surface area (Å²) in [5.41, 5.74) is 7.06. The van der Waals surface area contributed by atoms with Crippen molar-refractivity contribution in [3.8, 4) is 0 Å². The summed E-state index contributed by atoms with van der Waals surface area (Å²) in [5.74, 6) is 1.72. The fourth-order valence-corrected chi connectivity index (χ4v) is 4.58. The molecule has 0 bridgehead atoms. The van der Waals surface area contributed by atoms with E-state index in [1.165, 1.54) is 10.4 Å². The van der Waals surface area contributed by atoms with Crippen LogP contribution >= 0.6 is 11.8 Å². The molecule has 0 saturated carbocycles. The number of sulfonamides is 1. The number of thioether (sulfide) groups is 1. The minimum atomic E-state index is -3.37. The van der Waals surface area contributed by atoms with Gasteiger partial charge in [-0.15, -0.1) is 0 Å². The van der Waals surface area contributed by atoms with Crippen molar-refractivity contribution in [2.45, 2.75) is 11.8 Å². The molecule has 0 unspecified atom stereocenters. The molecule has 0 aliphatic carbocycles. The van der Waals surface area contributed by atoms with Crippen molar-refractivity contribution in [3.05, 3.63) is 23.8 Å². The molecule has 0 amide bonds. The first kappa shape index (κ1) is 12.7. The summed E-state index contributed by atoms with van der Waals surface area (Å²) in [6, 6.07) is 4.97. The monoisotopic (exact) mass is 272 g/mol. The van der Waals surface area contributed by atoms with Gasteiger partial charge in [-0.2, -0.15) is 16.1 Å². The minimum Gasteiger partial charge on any atom is -0.399 e. The first-order chi connectivity index (χ1) is 8.00. The zero-order chi connectivity index (χ0) is 12.5. The smallest absolute Gasteiger partial charge is 0.243 e. The molecule has 2 N–H and O–H groups in total. The summed E-state index contributed by atoms with van der Waals surface area (Å²) in [6.45, 7) is 3.02. The lowest BCUT2D eigenvalue weighted by molar-refractivity contribution is 0.443. The number of nitrogens with zero attached hydrogens (tertiary/aromatic N) is 1. The molecular weight excluding hydrogens is 256 g/mol. The quantitative estimate of drug-likeness (QED) is 0.825. The Morgan fingerprint density at radius 2 is 1.88 bits per heavy atom. The van der Waals surface area contributed by atoms with Crippen molar-refractivity contribution in [1.82, 2.24) is 4.31 Å². The Balaban J connectivity index is 2.36. The molecule has 0 radical (unpaired) electrons. The van der Waals surface area contributed by atoms with Gasteiger partial charge in [-0.05, 0) is 30.7 Å². The fraction of sp³-hybridized carbons (Fsp3) is 0.455. The Labute approximate surface area is 106 Å². The van der Waals surface area contributed by atoms with Gasteiger partial charge in [0.25, 0.3) is 0 Å². The van der Waals surface area contributed by atoms with Crippen LogP contribution in [0.2, 0.25) is 0 Å². The zero-order valence-electron chi connectivity index (χ0n) is 9.72. The molecule has 1 aliphatic heterocycles. The summed E-state index contributed by atoms with van der Waals surface area (Å²) in [4.78, 5) is 0.307. The van der Waals surface area contributed by atoms with Crippen LogP contribution in [0.4, 0.5) is 5.69 Å². The maximum atomic E-state index is 12.4. The predicted octanol–water partition coefficient (Wildman–Crippen LogP) is 1.31. The first-order valence-electron chi connectivity index (χ1n) is 5.45. The second-order valence-corrected chi connectivity index (χ2v) is 7.26. The number of benzene rings is 1. The molecule has 17 heavy (non-hydrogen) atoms. The van der Waals surface area contributed by atoms with Gasteiger partial charge in [0.05, 0.1) is 4.90 Å². The Kier molecular flexibility index (Phi) is 3.65. The fourth-order valence-electron chi connectivity index (χ4n) is 1.86. The van der Waals surface area contributed by atoms with Gasteiger partial charge in [0.15, 0.2) is 0 Å². The number of hydrogen-bond acceptors (Lipinski definition) is 4. The lowest BCUT2D eigenvalue weighted by atomic mass is 10.2. The van der Waals surface area contributed by atoms with Gasteiger partial charge in [0, 0.05) is 30.3 Å². The van der Waals surface area contributed by atoms with Crippen LogP contribution in [0, 0.1) is 6.92 Å². The van der Waals surface area contributed by atoms with E-state index in [1.54, 1.807) is 23.9 Å². The molecule has 0 aromatic heterocycles.